The smallest absolute Gasteiger partial charge is 0.317 e. The molecule has 1 N–H and O–H groups in total. The van der Waals surface area contributed by atoms with E-state index >= 15 is 0 Å². The maximum Gasteiger partial charge on any atom is 0.317 e. The van der Waals surface area contributed by atoms with E-state index in [2.05, 4.69) is 19.2 Å². The summed E-state index contributed by atoms with van der Waals surface area (Å²) in [5.74, 6) is 1.09. The molecule has 0 unspecified atom stereocenters. The fourth-order valence-electron chi connectivity index (χ4n) is 2.74. The number of benzene rings is 1. The summed E-state index contributed by atoms with van der Waals surface area (Å²) in [6.45, 7) is 6.60. The molecule has 1 saturated heterocycles. The lowest BCUT2D eigenvalue weighted by Crippen LogP contribution is -2.45. The third-order valence-electron chi connectivity index (χ3n) is 4.07. The summed E-state index contributed by atoms with van der Waals surface area (Å²) in [7, 11) is 0. The zero-order valence-corrected chi connectivity index (χ0v) is 14.8. The summed E-state index contributed by atoms with van der Waals surface area (Å²) in [6, 6.07) is 5.91. The molecular weight excluding hydrogens is 319 g/mol. The Kier molecular flexibility index (Phi) is 6.39. The predicted octanol–water partition coefficient (Wildman–Crippen LogP) is 4.61. The average Bonchev–Trinajstić information content (AvgIpc) is 2.49. The minimum absolute atomic E-state index is 0.0710. The van der Waals surface area contributed by atoms with Crippen LogP contribution in [0.1, 0.15) is 32.3 Å². The van der Waals surface area contributed by atoms with Gasteiger partial charge in [-0.2, -0.15) is 0 Å². The van der Waals surface area contributed by atoms with Gasteiger partial charge in [0.2, 0.25) is 0 Å². The molecule has 122 valence electrons. The maximum atomic E-state index is 12.0. The Bertz CT molecular complexity index is 511. The van der Waals surface area contributed by atoms with Crippen molar-refractivity contribution in [3.8, 4) is 0 Å². The number of nitrogens with zero attached hydrogens (tertiary/aromatic N) is 1. The molecule has 2 rings (SSSR count). The van der Waals surface area contributed by atoms with Gasteiger partial charge in [-0.25, -0.2) is 4.79 Å². The van der Waals surface area contributed by atoms with Gasteiger partial charge in [-0.15, -0.1) is 0 Å². The lowest BCUT2D eigenvalue weighted by Gasteiger charge is -2.32. The van der Waals surface area contributed by atoms with Crippen molar-refractivity contribution in [2.45, 2.75) is 33.1 Å². The van der Waals surface area contributed by atoms with Crippen molar-refractivity contribution in [2.24, 2.45) is 11.8 Å². The quantitative estimate of drug-likeness (QED) is 0.850. The second kappa shape index (κ2) is 8.07. The summed E-state index contributed by atoms with van der Waals surface area (Å²) in [6.07, 6.45) is 3.07. The van der Waals surface area contributed by atoms with Gasteiger partial charge >= 0.3 is 6.03 Å². The van der Waals surface area contributed by atoms with Gasteiger partial charge in [0.05, 0.1) is 10.0 Å². The molecule has 1 aliphatic rings. The number of hydrogen-bond acceptors (Lipinski definition) is 1. The van der Waals surface area contributed by atoms with E-state index in [9.17, 15) is 4.79 Å². The number of halogens is 2. The minimum atomic E-state index is 0.0710. The Hall–Kier alpha value is -0.930. The summed E-state index contributed by atoms with van der Waals surface area (Å²) in [5, 5.41) is 4.20. The van der Waals surface area contributed by atoms with E-state index in [0.717, 1.165) is 38.9 Å². The van der Waals surface area contributed by atoms with Crippen molar-refractivity contribution in [2.75, 3.05) is 19.6 Å². The number of piperidine rings is 1. The molecule has 1 aliphatic heterocycles. The van der Waals surface area contributed by atoms with Gasteiger partial charge < -0.3 is 10.2 Å². The van der Waals surface area contributed by atoms with Gasteiger partial charge in [0.1, 0.15) is 0 Å². The Labute approximate surface area is 143 Å². The van der Waals surface area contributed by atoms with Gasteiger partial charge in [0, 0.05) is 19.6 Å². The van der Waals surface area contributed by atoms with Gasteiger partial charge in [-0.1, -0.05) is 43.1 Å². The molecule has 0 aromatic heterocycles. The van der Waals surface area contributed by atoms with Crippen molar-refractivity contribution < 1.29 is 4.79 Å². The van der Waals surface area contributed by atoms with Crippen molar-refractivity contribution in [1.29, 1.82) is 0 Å². The van der Waals surface area contributed by atoms with E-state index < -0.39 is 0 Å². The van der Waals surface area contributed by atoms with Crippen LogP contribution in [0.2, 0.25) is 10.0 Å². The molecule has 0 spiro atoms. The van der Waals surface area contributed by atoms with Crippen LogP contribution in [-0.2, 0) is 6.42 Å². The number of carbonyl (C=O) groups is 1. The molecule has 1 fully saturated rings. The Balaban J connectivity index is 1.79. The molecule has 2 amide bonds. The largest absolute Gasteiger partial charge is 0.338 e. The van der Waals surface area contributed by atoms with E-state index in [1.807, 2.05) is 23.1 Å². The number of rotatable bonds is 4. The van der Waals surface area contributed by atoms with Crippen LogP contribution in [-0.4, -0.2) is 30.6 Å². The van der Waals surface area contributed by atoms with Crippen LogP contribution in [0.15, 0.2) is 18.2 Å². The number of carbonyl (C=O) groups excluding carboxylic acids is 1. The second-order valence-corrected chi connectivity index (χ2v) is 7.28. The highest BCUT2D eigenvalue weighted by molar-refractivity contribution is 6.42. The molecule has 0 atom stereocenters. The highest BCUT2D eigenvalue weighted by Gasteiger charge is 2.23. The van der Waals surface area contributed by atoms with Gasteiger partial charge in [0.25, 0.3) is 0 Å². The maximum absolute atomic E-state index is 12.0. The first-order chi connectivity index (χ1) is 10.5. The normalized spacial score (nSPS) is 16.1. The topological polar surface area (TPSA) is 32.3 Å². The van der Waals surface area contributed by atoms with Crippen LogP contribution < -0.4 is 5.32 Å². The minimum Gasteiger partial charge on any atom is -0.338 e. The molecule has 1 aromatic rings. The van der Waals surface area contributed by atoms with Gasteiger partial charge in [0.15, 0.2) is 0 Å². The zero-order valence-electron chi connectivity index (χ0n) is 13.2. The Morgan fingerprint density at radius 3 is 2.55 bits per heavy atom. The van der Waals surface area contributed by atoms with Crippen molar-refractivity contribution in [1.82, 2.24) is 10.2 Å². The van der Waals surface area contributed by atoms with E-state index in [1.54, 1.807) is 0 Å². The Morgan fingerprint density at radius 2 is 1.95 bits per heavy atom. The molecule has 0 radical (unpaired) electrons. The predicted molar refractivity (Wildman–Crippen MR) is 92.7 cm³/mol. The van der Waals surface area contributed by atoms with Gasteiger partial charge in [-0.05, 0) is 48.8 Å². The highest BCUT2D eigenvalue weighted by atomic mass is 35.5. The van der Waals surface area contributed by atoms with Crippen LogP contribution in [0.25, 0.3) is 0 Å². The third kappa shape index (κ3) is 5.06. The van der Waals surface area contributed by atoms with Crippen molar-refractivity contribution in [3.63, 3.8) is 0 Å². The molecule has 0 bridgehead atoms. The number of amides is 2. The second-order valence-electron chi connectivity index (χ2n) is 6.46. The first-order valence-electron chi connectivity index (χ1n) is 7.92. The molecule has 3 nitrogen and oxygen atoms in total. The fraction of sp³-hybridized carbons (Fsp3) is 0.588. The van der Waals surface area contributed by atoms with Crippen molar-refractivity contribution in [3.05, 3.63) is 33.8 Å². The molecule has 5 heteroatoms. The fourth-order valence-corrected chi connectivity index (χ4v) is 3.06. The molecule has 1 heterocycles. The number of nitrogens with one attached hydrogen (secondary N) is 1. The van der Waals surface area contributed by atoms with E-state index in [1.165, 1.54) is 5.56 Å². The molecule has 1 aromatic carbocycles. The highest BCUT2D eigenvalue weighted by Crippen LogP contribution is 2.26. The summed E-state index contributed by atoms with van der Waals surface area (Å²) in [4.78, 5) is 14.0. The number of hydrogen-bond donors (Lipinski definition) is 1. The molecule has 22 heavy (non-hydrogen) atoms. The zero-order chi connectivity index (χ0) is 16.1. The summed E-state index contributed by atoms with van der Waals surface area (Å²) >= 11 is 12.0. The molecule has 0 saturated carbocycles. The van der Waals surface area contributed by atoms with E-state index in [-0.39, 0.29) is 6.03 Å². The monoisotopic (exact) mass is 342 g/mol. The van der Waals surface area contributed by atoms with Crippen LogP contribution in [0, 0.1) is 11.8 Å². The van der Waals surface area contributed by atoms with E-state index in [4.69, 9.17) is 23.2 Å². The average molecular weight is 343 g/mol. The standard InChI is InChI=1S/C17H24Cl2N2O/c1-12(2)11-20-17(22)21-7-5-13(6-8-21)9-14-3-4-15(18)16(19)10-14/h3-4,10,12-13H,5-9,11H2,1-2H3,(H,20,22). The lowest BCUT2D eigenvalue weighted by molar-refractivity contribution is 0.169. The molecular formula is C17H24Cl2N2O. The van der Waals surface area contributed by atoms with Crippen LogP contribution in [0.5, 0.6) is 0 Å². The third-order valence-corrected chi connectivity index (χ3v) is 4.81. The van der Waals surface area contributed by atoms with Crippen LogP contribution >= 0.6 is 23.2 Å². The van der Waals surface area contributed by atoms with Crippen LogP contribution in [0.3, 0.4) is 0 Å². The molecule has 0 aliphatic carbocycles. The Morgan fingerprint density at radius 1 is 1.27 bits per heavy atom. The van der Waals surface area contributed by atoms with Crippen LogP contribution in [0.4, 0.5) is 4.79 Å². The van der Waals surface area contributed by atoms with E-state index in [0.29, 0.717) is 21.9 Å². The number of urea groups is 1. The number of likely N-dealkylation sites (tertiary alicyclic amines) is 1. The SMILES string of the molecule is CC(C)CNC(=O)N1CCC(Cc2ccc(Cl)c(Cl)c2)CC1. The van der Waals surface area contributed by atoms with Gasteiger partial charge in [-0.3, -0.25) is 0 Å². The van der Waals surface area contributed by atoms with Crippen molar-refractivity contribution >= 4 is 29.2 Å². The lowest BCUT2D eigenvalue weighted by atomic mass is 9.90. The summed E-state index contributed by atoms with van der Waals surface area (Å²) in [5.41, 5.74) is 1.22. The first kappa shape index (κ1) is 17.4. The first-order valence-corrected chi connectivity index (χ1v) is 8.68. The summed E-state index contributed by atoms with van der Waals surface area (Å²) < 4.78 is 0.